The minimum Gasteiger partial charge on any atom is -0.477 e. The average Bonchev–Trinajstić information content (AvgIpc) is 2.51. The van der Waals surface area contributed by atoms with Gasteiger partial charge >= 0.3 is 5.97 Å². The van der Waals surface area contributed by atoms with Crippen LogP contribution in [0.5, 0.6) is 0 Å². The third-order valence-corrected chi connectivity index (χ3v) is 1.79. The molecule has 0 fully saturated rings. The van der Waals surface area contributed by atoms with E-state index in [1.807, 2.05) is 0 Å². The number of nitrogens with zero attached hydrogens (tertiary/aromatic N) is 2. The first-order valence-electron chi connectivity index (χ1n) is 3.00. The molecule has 0 spiro atoms. The van der Waals surface area contributed by atoms with E-state index < -0.39 is 5.97 Å². The molecule has 0 aliphatic carbocycles. The van der Waals surface area contributed by atoms with E-state index in [9.17, 15) is 4.79 Å². The molecule has 0 bridgehead atoms. The van der Waals surface area contributed by atoms with Crippen LogP contribution >= 0.6 is 11.5 Å². The molecule has 1 rings (SSSR count). The van der Waals surface area contributed by atoms with Crippen LogP contribution in [0.4, 0.5) is 0 Å². The van der Waals surface area contributed by atoms with Crippen molar-refractivity contribution in [1.29, 1.82) is 5.26 Å². The first-order valence-corrected chi connectivity index (χ1v) is 3.77. The smallest absolute Gasteiger partial charge is 0.346 e. The molecule has 1 aromatic rings. The summed E-state index contributed by atoms with van der Waals surface area (Å²) in [4.78, 5) is 11.0. The Labute approximate surface area is 72.6 Å². The Morgan fingerprint density at radius 3 is 3.00 bits per heavy atom. The number of carboxylic acid groups (broad SMARTS) is 1. The molecule has 4 nitrogen and oxygen atoms in total. The second-order valence-electron chi connectivity index (χ2n) is 1.89. The van der Waals surface area contributed by atoms with Gasteiger partial charge in [0.05, 0.1) is 0 Å². The minimum absolute atomic E-state index is 0.278. The molecular formula is C7H4N2O2S. The Hall–Kier alpha value is -1.67. The van der Waals surface area contributed by atoms with Crippen molar-refractivity contribution in [2.75, 3.05) is 0 Å². The van der Waals surface area contributed by atoms with Crippen LogP contribution in [0.2, 0.25) is 0 Å². The van der Waals surface area contributed by atoms with Crippen molar-refractivity contribution in [3.05, 3.63) is 22.7 Å². The van der Waals surface area contributed by atoms with Gasteiger partial charge in [0.1, 0.15) is 11.6 Å². The fraction of sp³-hybridized carbons (Fsp3) is 0. The molecule has 0 saturated carbocycles. The summed E-state index contributed by atoms with van der Waals surface area (Å²) in [7, 11) is 0. The highest BCUT2D eigenvalue weighted by molar-refractivity contribution is 7.06. The Balaban J connectivity index is 2.95. The van der Waals surface area contributed by atoms with E-state index in [0.717, 1.165) is 11.5 Å². The van der Waals surface area contributed by atoms with Crippen LogP contribution in [-0.4, -0.2) is 15.4 Å². The maximum absolute atomic E-state index is 10.4. The number of hydrogen-bond acceptors (Lipinski definition) is 4. The van der Waals surface area contributed by atoms with Crippen LogP contribution in [0.15, 0.2) is 17.8 Å². The first-order chi connectivity index (χ1) is 5.74. The van der Waals surface area contributed by atoms with Crippen molar-refractivity contribution in [3.63, 3.8) is 0 Å². The lowest BCUT2D eigenvalue weighted by atomic mass is 10.2. The molecule has 0 atom stereocenters. The summed E-state index contributed by atoms with van der Waals surface area (Å²) in [5.74, 6) is -1.22. The van der Waals surface area contributed by atoms with E-state index in [2.05, 4.69) is 4.37 Å². The van der Waals surface area contributed by atoms with Crippen LogP contribution in [0.25, 0.3) is 6.08 Å². The molecule has 60 valence electrons. The third-order valence-electron chi connectivity index (χ3n) is 1.10. The van der Waals surface area contributed by atoms with E-state index in [-0.39, 0.29) is 5.57 Å². The maximum Gasteiger partial charge on any atom is 0.346 e. The summed E-state index contributed by atoms with van der Waals surface area (Å²) in [5.41, 5.74) is -0.278. The van der Waals surface area contributed by atoms with Crippen molar-refractivity contribution < 1.29 is 9.90 Å². The van der Waals surface area contributed by atoms with E-state index in [1.165, 1.54) is 6.08 Å². The lowest BCUT2D eigenvalue weighted by Crippen LogP contribution is -1.96. The molecule has 0 radical (unpaired) electrons. The Morgan fingerprint density at radius 1 is 1.83 bits per heavy atom. The zero-order chi connectivity index (χ0) is 8.97. The molecule has 12 heavy (non-hydrogen) atoms. The van der Waals surface area contributed by atoms with Crippen LogP contribution < -0.4 is 0 Å². The first kappa shape index (κ1) is 8.43. The number of hydrogen-bond donors (Lipinski definition) is 1. The number of rotatable bonds is 2. The topological polar surface area (TPSA) is 74.0 Å². The predicted octanol–water partition coefficient (Wildman–Crippen LogP) is 1.13. The van der Waals surface area contributed by atoms with E-state index in [4.69, 9.17) is 10.4 Å². The van der Waals surface area contributed by atoms with Gasteiger partial charge in [0.2, 0.25) is 0 Å². The molecule has 0 aliphatic rings. The van der Waals surface area contributed by atoms with Gasteiger partial charge in [0.15, 0.2) is 0 Å². The molecule has 0 aliphatic heterocycles. The van der Waals surface area contributed by atoms with Gasteiger partial charge in [-0.15, -0.1) is 0 Å². The Morgan fingerprint density at radius 2 is 2.58 bits per heavy atom. The van der Waals surface area contributed by atoms with Crippen LogP contribution in [0.1, 0.15) is 4.88 Å². The lowest BCUT2D eigenvalue weighted by Gasteiger charge is -1.85. The highest BCUT2D eigenvalue weighted by Crippen LogP contribution is 2.09. The maximum atomic E-state index is 10.4. The molecule has 0 amide bonds. The van der Waals surface area contributed by atoms with Crippen LogP contribution in [0, 0.1) is 11.3 Å². The van der Waals surface area contributed by atoms with Crippen molar-refractivity contribution in [3.8, 4) is 6.07 Å². The number of nitriles is 1. The standard InChI is InChI=1S/C7H4N2O2S/c8-4-5(7(10)11)3-6-1-2-9-12-6/h1-3H,(H,10,11)/b5-3+. The van der Waals surface area contributed by atoms with Gasteiger partial charge in [-0.05, 0) is 23.7 Å². The average molecular weight is 180 g/mol. The van der Waals surface area contributed by atoms with Gasteiger partial charge in [-0.25, -0.2) is 9.17 Å². The number of carboxylic acids is 1. The molecule has 0 aromatic carbocycles. The van der Waals surface area contributed by atoms with Gasteiger partial charge in [-0.1, -0.05) is 0 Å². The molecule has 0 saturated heterocycles. The number of aromatic nitrogens is 1. The van der Waals surface area contributed by atoms with Crippen molar-refractivity contribution >= 4 is 23.6 Å². The summed E-state index contributed by atoms with van der Waals surface area (Å²) < 4.78 is 3.76. The number of aliphatic carboxylic acids is 1. The van der Waals surface area contributed by atoms with Crippen LogP contribution in [-0.2, 0) is 4.79 Å². The second kappa shape index (κ2) is 3.64. The fourth-order valence-corrected chi connectivity index (χ4v) is 1.12. The summed E-state index contributed by atoms with van der Waals surface area (Å²) >= 11 is 1.14. The van der Waals surface area contributed by atoms with Gasteiger partial charge in [-0.3, -0.25) is 0 Å². The molecular weight excluding hydrogens is 176 g/mol. The molecule has 0 unspecified atom stereocenters. The van der Waals surface area contributed by atoms with Gasteiger partial charge in [0.25, 0.3) is 0 Å². The van der Waals surface area contributed by atoms with E-state index in [0.29, 0.717) is 4.88 Å². The van der Waals surface area contributed by atoms with Crippen molar-refractivity contribution in [2.24, 2.45) is 0 Å². The van der Waals surface area contributed by atoms with E-state index >= 15 is 0 Å². The summed E-state index contributed by atoms with van der Waals surface area (Å²) in [6.45, 7) is 0. The fourth-order valence-electron chi connectivity index (χ4n) is 0.584. The van der Waals surface area contributed by atoms with Crippen molar-refractivity contribution in [2.45, 2.75) is 0 Å². The summed E-state index contributed by atoms with van der Waals surface area (Å²) in [6, 6.07) is 3.22. The molecule has 5 heteroatoms. The SMILES string of the molecule is N#C/C(=C\c1ccns1)C(=O)O. The van der Waals surface area contributed by atoms with Gasteiger partial charge < -0.3 is 5.11 Å². The minimum atomic E-state index is -1.22. The Bertz CT molecular complexity index is 348. The zero-order valence-electron chi connectivity index (χ0n) is 5.89. The predicted molar refractivity (Wildman–Crippen MR) is 43.3 cm³/mol. The van der Waals surface area contributed by atoms with Crippen molar-refractivity contribution in [1.82, 2.24) is 4.37 Å². The highest BCUT2D eigenvalue weighted by atomic mass is 32.1. The van der Waals surface area contributed by atoms with Gasteiger partial charge in [-0.2, -0.15) is 5.26 Å². The highest BCUT2D eigenvalue weighted by Gasteiger charge is 2.05. The summed E-state index contributed by atoms with van der Waals surface area (Å²) in [6.07, 6.45) is 2.84. The van der Waals surface area contributed by atoms with Crippen LogP contribution in [0.3, 0.4) is 0 Å². The van der Waals surface area contributed by atoms with Gasteiger partial charge in [0, 0.05) is 11.1 Å². The largest absolute Gasteiger partial charge is 0.477 e. The normalized spacial score (nSPS) is 10.8. The molecule has 1 aromatic heterocycles. The monoisotopic (exact) mass is 180 g/mol. The van der Waals surface area contributed by atoms with E-state index in [1.54, 1.807) is 18.3 Å². The molecule has 1 heterocycles. The quantitative estimate of drug-likeness (QED) is 0.547. The number of carbonyl (C=O) groups is 1. The third kappa shape index (κ3) is 1.90. The Kier molecular flexibility index (Phi) is 2.56. The zero-order valence-corrected chi connectivity index (χ0v) is 6.71. The lowest BCUT2D eigenvalue weighted by molar-refractivity contribution is -0.132. The second-order valence-corrected chi connectivity index (χ2v) is 2.75. The summed E-state index contributed by atoms with van der Waals surface area (Å²) in [5, 5.41) is 16.8. The molecule has 1 N–H and O–H groups in total.